The lowest BCUT2D eigenvalue weighted by atomic mass is 10.1. The second-order valence-corrected chi connectivity index (χ2v) is 5.05. The summed E-state index contributed by atoms with van der Waals surface area (Å²) in [4.78, 5) is 24.6. The summed E-state index contributed by atoms with van der Waals surface area (Å²) in [6, 6.07) is 9.42. The van der Waals surface area contributed by atoms with Crippen molar-refractivity contribution in [2.24, 2.45) is 0 Å². The van der Waals surface area contributed by atoms with Crippen molar-refractivity contribution in [1.82, 2.24) is 4.90 Å². The number of rotatable bonds is 3. The fourth-order valence-electron chi connectivity index (χ4n) is 1.93. The number of nitrogens with zero attached hydrogens (tertiary/aromatic N) is 1. The molecular weight excluding hydrogens is 290 g/mol. The van der Waals surface area contributed by atoms with Crippen LogP contribution in [0.3, 0.4) is 0 Å². The third-order valence-corrected chi connectivity index (χ3v) is 3.22. The molecule has 0 aromatic heterocycles. The van der Waals surface area contributed by atoms with Crippen LogP contribution in [-0.2, 0) is 9.59 Å². The Morgan fingerprint density at radius 1 is 1.24 bits per heavy atom. The Labute approximate surface area is 127 Å². The molecule has 1 fully saturated rings. The first kappa shape index (κ1) is 15.1. The molecule has 1 aromatic rings. The molecule has 108 valence electrons. The zero-order chi connectivity index (χ0) is 15.4. The summed E-state index contributed by atoms with van der Waals surface area (Å²) < 4.78 is 0. The van der Waals surface area contributed by atoms with Crippen molar-refractivity contribution < 1.29 is 14.7 Å². The Kier molecular flexibility index (Phi) is 4.60. The highest BCUT2D eigenvalue weighted by Gasteiger charge is 2.33. The number of hydrogen-bond donors (Lipinski definition) is 1. The molecule has 0 unspecified atom stereocenters. The van der Waals surface area contributed by atoms with E-state index in [1.165, 1.54) is 24.1 Å². The lowest BCUT2D eigenvalue weighted by Gasteiger charge is -2.03. The number of halogens is 1. The summed E-state index contributed by atoms with van der Waals surface area (Å²) in [6.07, 6.45) is 4.41. The van der Waals surface area contributed by atoms with Gasteiger partial charge >= 0.3 is 0 Å². The summed E-state index contributed by atoms with van der Waals surface area (Å²) in [5.41, 5.74) is 0.713. The maximum Gasteiger partial charge on any atom is 0.261 e. The maximum absolute atomic E-state index is 11.7. The molecule has 0 saturated carbocycles. The van der Waals surface area contributed by atoms with Gasteiger partial charge in [0.2, 0.25) is 0 Å². The van der Waals surface area contributed by atoms with Gasteiger partial charge in [0, 0.05) is 12.1 Å². The molecule has 0 bridgehead atoms. The summed E-state index contributed by atoms with van der Waals surface area (Å²) in [6.45, 7) is -0.0142. The Hall–Kier alpha value is -2.33. The van der Waals surface area contributed by atoms with Gasteiger partial charge in [-0.05, 0) is 23.8 Å². The van der Waals surface area contributed by atoms with Gasteiger partial charge < -0.3 is 10.0 Å². The smallest absolute Gasteiger partial charge is 0.261 e. The number of likely N-dealkylation sites (tertiary alicyclic amines) is 1. The molecule has 1 aliphatic rings. The van der Waals surface area contributed by atoms with Crippen LogP contribution in [0.15, 0.2) is 58.8 Å². The molecule has 0 radical (unpaired) electrons. The molecule has 1 heterocycles. The van der Waals surface area contributed by atoms with Gasteiger partial charge in [0.15, 0.2) is 5.78 Å². The van der Waals surface area contributed by atoms with Crippen molar-refractivity contribution in [3.8, 4) is 0 Å². The number of ketones is 1. The number of aliphatic hydroxyl groups excluding tert-OH is 1. The van der Waals surface area contributed by atoms with Crippen LogP contribution < -0.4 is 0 Å². The minimum Gasteiger partial charge on any atom is -0.507 e. The standard InChI is InChI=1S/C16H14ClNO3/c1-18-10-14(20)15(16(18)21)13(19)8-7-12(17)9-11-5-3-2-4-6-11/h2-9,19H,10H2,1H3/b8-7+,12-9-,15-13-. The van der Waals surface area contributed by atoms with E-state index >= 15 is 0 Å². The highest BCUT2D eigenvalue weighted by atomic mass is 35.5. The molecule has 2 rings (SSSR count). The lowest BCUT2D eigenvalue weighted by Crippen LogP contribution is -2.19. The van der Waals surface area contributed by atoms with Crippen LogP contribution in [0.4, 0.5) is 0 Å². The largest absolute Gasteiger partial charge is 0.507 e. The van der Waals surface area contributed by atoms with Gasteiger partial charge in [0.05, 0.1) is 6.54 Å². The van der Waals surface area contributed by atoms with E-state index in [2.05, 4.69) is 0 Å². The highest BCUT2D eigenvalue weighted by molar-refractivity contribution is 6.33. The fourth-order valence-corrected chi connectivity index (χ4v) is 2.12. The molecule has 1 N–H and O–H groups in total. The predicted molar refractivity (Wildman–Crippen MR) is 81.7 cm³/mol. The number of likely N-dealkylation sites (N-methyl/N-ethyl adjacent to an activating group) is 1. The van der Waals surface area contributed by atoms with E-state index < -0.39 is 11.7 Å². The number of benzene rings is 1. The van der Waals surface area contributed by atoms with Crippen molar-refractivity contribution >= 4 is 29.4 Å². The van der Waals surface area contributed by atoms with Gasteiger partial charge in [-0.3, -0.25) is 9.59 Å². The van der Waals surface area contributed by atoms with Crippen LogP contribution in [0.25, 0.3) is 6.08 Å². The van der Waals surface area contributed by atoms with Crippen molar-refractivity contribution in [2.45, 2.75) is 0 Å². The number of allylic oxidation sites excluding steroid dienone is 3. The van der Waals surface area contributed by atoms with Crippen molar-refractivity contribution in [2.75, 3.05) is 13.6 Å². The van der Waals surface area contributed by atoms with E-state index in [1.807, 2.05) is 30.3 Å². The van der Waals surface area contributed by atoms with Crippen LogP contribution in [0.1, 0.15) is 5.56 Å². The Bertz CT molecular complexity index is 659. The molecule has 0 spiro atoms. The molecule has 1 aromatic carbocycles. The number of carbonyl (C=O) groups is 2. The van der Waals surface area contributed by atoms with Crippen LogP contribution in [0.2, 0.25) is 0 Å². The van der Waals surface area contributed by atoms with E-state index in [4.69, 9.17) is 11.6 Å². The molecule has 0 atom stereocenters. The molecule has 5 heteroatoms. The number of hydrogen-bond acceptors (Lipinski definition) is 3. The first-order valence-corrected chi connectivity index (χ1v) is 6.69. The van der Waals surface area contributed by atoms with Gasteiger partial charge in [0.1, 0.15) is 11.3 Å². The van der Waals surface area contributed by atoms with E-state index in [0.29, 0.717) is 5.03 Å². The zero-order valence-corrected chi connectivity index (χ0v) is 12.2. The van der Waals surface area contributed by atoms with Crippen molar-refractivity contribution in [3.05, 3.63) is 64.4 Å². The van der Waals surface area contributed by atoms with Crippen LogP contribution in [0, 0.1) is 0 Å². The van der Waals surface area contributed by atoms with E-state index in [9.17, 15) is 14.7 Å². The van der Waals surface area contributed by atoms with Gasteiger partial charge in [-0.15, -0.1) is 0 Å². The van der Waals surface area contributed by atoms with Crippen LogP contribution >= 0.6 is 11.6 Å². The maximum atomic E-state index is 11.7. The highest BCUT2D eigenvalue weighted by Crippen LogP contribution is 2.17. The van der Waals surface area contributed by atoms with Crippen LogP contribution in [-0.4, -0.2) is 35.3 Å². The average Bonchev–Trinajstić information content (AvgIpc) is 2.71. The quantitative estimate of drug-likeness (QED) is 0.404. The summed E-state index contributed by atoms with van der Waals surface area (Å²) in [5, 5.41) is 10.2. The topological polar surface area (TPSA) is 57.6 Å². The first-order valence-electron chi connectivity index (χ1n) is 6.31. The van der Waals surface area contributed by atoms with E-state index in [1.54, 1.807) is 6.08 Å². The minimum atomic E-state index is -0.481. The van der Waals surface area contributed by atoms with E-state index in [0.717, 1.165) is 5.56 Å². The Balaban J connectivity index is 2.19. The summed E-state index contributed by atoms with van der Waals surface area (Å²) in [7, 11) is 1.51. The molecule has 1 aliphatic heterocycles. The number of Topliss-reactive ketones (excluding diaryl/α,β-unsaturated/α-hetero) is 1. The molecular formula is C16H14ClNO3. The van der Waals surface area contributed by atoms with Crippen LogP contribution in [0.5, 0.6) is 0 Å². The molecule has 4 nitrogen and oxygen atoms in total. The van der Waals surface area contributed by atoms with Crippen molar-refractivity contribution in [3.63, 3.8) is 0 Å². The predicted octanol–water partition coefficient (Wildman–Crippen LogP) is 2.68. The number of amides is 1. The second-order valence-electron chi connectivity index (χ2n) is 4.62. The average molecular weight is 304 g/mol. The van der Waals surface area contributed by atoms with E-state index in [-0.39, 0.29) is 17.9 Å². The fraction of sp³-hybridized carbons (Fsp3) is 0.125. The Morgan fingerprint density at radius 3 is 2.48 bits per heavy atom. The third-order valence-electron chi connectivity index (χ3n) is 2.98. The monoisotopic (exact) mass is 303 g/mol. The zero-order valence-electron chi connectivity index (χ0n) is 11.4. The minimum absolute atomic E-state index is 0.0142. The van der Waals surface area contributed by atoms with Gasteiger partial charge in [0.25, 0.3) is 5.91 Å². The number of aliphatic hydroxyl groups is 1. The normalized spacial score (nSPS) is 18.8. The second kappa shape index (κ2) is 6.41. The Morgan fingerprint density at radius 2 is 1.90 bits per heavy atom. The number of carbonyl (C=O) groups excluding carboxylic acids is 2. The molecule has 1 amide bonds. The van der Waals surface area contributed by atoms with Gasteiger partial charge in [-0.1, -0.05) is 41.9 Å². The SMILES string of the molecule is CN1CC(=O)\C(=C(O)/C=C/C(Cl)=C/c2ccccc2)C1=O. The molecule has 1 saturated heterocycles. The summed E-state index contributed by atoms with van der Waals surface area (Å²) >= 11 is 6.03. The first-order chi connectivity index (χ1) is 9.99. The lowest BCUT2D eigenvalue weighted by molar-refractivity contribution is -0.123. The third kappa shape index (κ3) is 3.61. The molecule has 0 aliphatic carbocycles. The molecule has 21 heavy (non-hydrogen) atoms. The summed E-state index contributed by atoms with van der Waals surface area (Å²) in [5.74, 6) is -1.24. The van der Waals surface area contributed by atoms with Crippen molar-refractivity contribution in [1.29, 1.82) is 0 Å². The van der Waals surface area contributed by atoms with Gasteiger partial charge in [-0.2, -0.15) is 0 Å². The van der Waals surface area contributed by atoms with Gasteiger partial charge in [-0.25, -0.2) is 0 Å².